The summed E-state index contributed by atoms with van der Waals surface area (Å²) in [6.07, 6.45) is 1.45. The van der Waals surface area contributed by atoms with Crippen LogP contribution in [-0.2, 0) is 16.6 Å². The van der Waals surface area contributed by atoms with E-state index in [0.717, 1.165) is 38.5 Å². The summed E-state index contributed by atoms with van der Waals surface area (Å²) in [4.78, 5) is 2.23. The quantitative estimate of drug-likeness (QED) is 0.840. The van der Waals surface area contributed by atoms with E-state index in [1.54, 1.807) is 0 Å². The Morgan fingerprint density at radius 3 is 2.46 bits per heavy atom. The van der Waals surface area contributed by atoms with Crippen molar-refractivity contribution in [2.45, 2.75) is 30.3 Å². The summed E-state index contributed by atoms with van der Waals surface area (Å²) in [5.41, 5.74) is 1.25. The smallest absolute Gasteiger partial charge is 0.240 e. The predicted octanol–water partition coefficient (Wildman–Crippen LogP) is 2.78. The monoisotopic (exact) mass is 378 g/mol. The molecule has 0 saturated carbocycles. The number of nitrogens with zero attached hydrogens (tertiary/aromatic N) is 1. The molecule has 3 rings (SSSR count). The number of likely N-dealkylation sites (tertiary alicyclic amines) is 1. The fraction of sp³-hybridized carbons (Fsp3) is 0.368. The Bertz CT molecular complexity index is 835. The van der Waals surface area contributed by atoms with Gasteiger partial charge in [-0.15, -0.1) is 0 Å². The van der Waals surface area contributed by atoms with Crippen LogP contribution in [0.15, 0.2) is 53.4 Å². The molecule has 2 aromatic rings. The fourth-order valence-electron chi connectivity index (χ4n) is 3.15. The van der Waals surface area contributed by atoms with Gasteiger partial charge in [0.2, 0.25) is 10.0 Å². The van der Waals surface area contributed by atoms with E-state index in [1.165, 1.54) is 24.8 Å². The molecule has 0 aromatic heterocycles. The average molecular weight is 378 g/mol. The van der Waals surface area contributed by atoms with Crippen molar-refractivity contribution in [3.05, 3.63) is 59.9 Å². The Kier molecular flexibility index (Phi) is 5.90. The number of piperidine rings is 1. The number of nitrogens with one attached hydrogen (secondary N) is 1. The van der Waals surface area contributed by atoms with Crippen LogP contribution in [0.5, 0.6) is 5.75 Å². The van der Waals surface area contributed by atoms with Crippen molar-refractivity contribution in [3.63, 3.8) is 0 Å². The van der Waals surface area contributed by atoms with Crippen LogP contribution in [0.25, 0.3) is 0 Å². The molecule has 0 bridgehead atoms. The average Bonchev–Trinajstić information content (AvgIpc) is 2.64. The first-order valence-corrected chi connectivity index (χ1v) is 10.1. The fourth-order valence-corrected chi connectivity index (χ4v) is 4.47. The molecule has 5 nitrogen and oxygen atoms in total. The second kappa shape index (κ2) is 8.16. The summed E-state index contributed by atoms with van der Waals surface area (Å²) < 4.78 is 46.3. The first kappa shape index (κ1) is 18.8. The summed E-state index contributed by atoms with van der Waals surface area (Å²) in [7, 11) is -2.41. The van der Waals surface area contributed by atoms with Crippen LogP contribution in [0.2, 0.25) is 0 Å². The van der Waals surface area contributed by atoms with E-state index >= 15 is 0 Å². The lowest BCUT2D eigenvalue weighted by atomic mass is 10.1. The third-order valence-electron chi connectivity index (χ3n) is 4.59. The zero-order chi connectivity index (χ0) is 18.6. The maximum absolute atomic E-state index is 13.8. The lowest BCUT2D eigenvalue weighted by Crippen LogP contribution is -2.44. The topological polar surface area (TPSA) is 58.6 Å². The minimum atomic E-state index is -3.75. The van der Waals surface area contributed by atoms with Crippen molar-refractivity contribution < 1.29 is 17.5 Å². The second-order valence-corrected chi connectivity index (χ2v) is 8.17. The molecular weight excluding hydrogens is 355 g/mol. The Morgan fingerprint density at radius 1 is 1.15 bits per heavy atom. The molecular formula is C19H23FN2O3S. The number of ether oxygens (including phenoxy) is 1. The van der Waals surface area contributed by atoms with Crippen LogP contribution in [0, 0.1) is 5.82 Å². The van der Waals surface area contributed by atoms with Crippen LogP contribution < -0.4 is 9.46 Å². The maximum Gasteiger partial charge on any atom is 0.240 e. The molecule has 1 N–H and O–H groups in total. The van der Waals surface area contributed by atoms with Crippen molar-refractivity contribution >= 4 is 10.0 Å². The molecule has 0 atom stereocenters. The van der Waals surface area contributed by atoms with E-state index in [9.17, 15) is 12.8 Å². The van der Waals surface area contributed by atoms with Gasteiger partial charge in [0.1, 0.15) is 0 Å². The lowest BCUT2D eigenvalue weighted by Gasteiger charge is -2.32. The number of hydrogen-bond donors (Lipinski definition) is 1. The minimum Gasteiger partial charge on any atom is -0.494 e. The van der Waals surface area contributed by atoms with E-state index < -0.39 is 15.8 Å². The van der Waals surface area contributed by atoms with Gasteiger partial charge in [-0.05, 0) is 36.6 Å². The molecule has 1 saturated heterocycles. The molecule has 2 aromatic carbocycles. The number of hydrogen-bond acceptors (Lipinski definition) is 4. The van der Waals surface area contributed by atoms with Gasteiger partial charge in [-0.2, -0.15) is 0 Å². The van der Waals surface area contributed by atoms with Crippen LogP contribution in [0.4, 0.5) is 4.39 Å². The van der Waals surface area contributed by atoms with Gasteiger partial charge in [0.05, 0.1) is 12.0 Å². The highest BCUT2D eigenvalue weighted by molar-refractivity contribution is 7.89. The molecule has 0 unspecified atom stereocenters. The third-order valence-corrected chi connectivity index (χ3v) is 6.11. The maximum atomic E-state index is 13.8. The molecule has 1 fully saturated rings. The normalized spacial score (nSPS) is 16.5. The van der Waals surface area contributed by atoms with Gasteiger partial charge in [0, 0.05) is 25.7 Å². The van der Waals surface area contributed by atoms with E-state index in [4.69, 9.17) is 4.74 Å². The summed E-state index contributed by atoms with van der Waals surface area (Å²) in [6, 6.07) is 13.7. The summed E-state index contributed by atoms with van der Waals surface area (Å²) in [6.45, 7) is 2.50. The van der Waals surface area contributed by atoms with Crippen molar-refractivity contribution in [1.29, 1.82) is 0 Å². The third kappa shape index (κ3) is 4.60. The SMILES string of the molecule is COc1ccc(S(=O)(=O)NC2CCN(Cc3ccccc3)CC2)cc1F. The van der Waals surface area contributed by atoms with Crippen molar-refractivity contribution in [2.24, 2.45) is 0 Å². The first-order valence-electron chi connectivity index (χ1n) is 8.60. The molecule has 26 heavy (non-hydrogen) atoms. The number of benzene rings is 2. The highest BCUT2D eigenvalue weighted by Gasteiger charge is 2.25. The first-order chi connectivity index (χ1) is 12.5. The Morgan fingerprint density at radius 2 is 1.85 bits per heavy atom. The van der Waals surface area contributed by atoms with Crippen LogP contribution in [0.1, 0.15) is 18.4 Å². The van der Waals surface area contributed by atoms with Gasteiger partial charge in [-0.25, -0.2) is 17.5 Å². The standard InChI is InChI=1S/C19H23FN2O3S/c1-25-19-8-7-17(13-18(19)20)26(23,24)21-16-9-11-22(12-10-16)14-15-5-3-2-4-6-15/h2-8,13,16,21H,9-12,14H2,1H3. The number of methoxy groups -OCH3 is 1. The van der Waals surface area contributed by atoms with Gasteiger partial charge in [0.25, 0.3) is 0 Å². The van der Waals surface area contributed by atoms with Crippen LogP contribution in [0.3, 0.4) is 0 Å². The van der Waals surface area contributed by atoms with Gasteiger partial charge in [-0.3, -0.25) is 4.90 Å². The highest BCUT2D eigenvalue weighted by Crippen LogP contribution is 2.22. The molecule has 0 amide bonds. The minimum absolute atomic E-state index is 0.0261. The molecule has 1 aliphatic heterocycles. The van der Waals surface area contributed by atoms with Gasteiger partial charge < -0.3 is 4.74 Å². The van der Waals surface area contributed by atoms with Crippen molar-refractivity contribution in [2.75, 3.05) is 20.2 Å². The Labute approximate surface area is 153 Å². The predicted molar refractivity (Wildman–Crippen MR) is 98.0 cm³/mol. The zero-order valence-electron chi connectivity index (χ0n) is 14.7. The highest BCUT2D eigenvalue weighted by atomic mass is 32.2. The van der Waals surface area contributed by atoms with Crippen LogP contribution in [-0.4, -0.2) is 39.6 Å². The molecule has 1 heterocycles. The van der Waals surface area contributed by atoms with E-state index in [1.807, 2.05) is 18.2 Å². The number of rotatable bonds is 6. The van der Waals surface area contributed by atoms with Gasteiger partial charge in [0.15, 0.2) is 11.6 Å². The molecule has 1 aliphatic rings. The molecule has 0 radical (unpaired) electrons. The summed E-state index contributed by atoms with van der Waals surface area (Å²) in [5.74, 6) is -0.661. The van der Waals surface area contributed by atoms with E-state index in [-0.39, 0.29) is 16.7 Å². The van der Waals surface area contributed by atoms with Crippen LogP contribution >= 0.6 is 0 Å². The van der Waals surface area contributed by atoms with E-state index in [2.05, 4.69) is 21.8 Å². The zero-order valence-corrected chi connectivity index (χ0v) is 15.5. The number of sulfonamides is 1. The molecule has 0 spiro atoms. The lowest BCUT2D eigenvalue weighted by molar-refractivity contribution is 0.200. The molecule has 7 heteroatoms. The summed E-state index contributed by atoms with van der Waals surface area (Å²) in [5, 5.41) is 0. The second-order valence-electron chi connectivity index (χ2n) is 6.45. The van der Waals surface area contributed by atoms with Gasteiger partial charge in [-0.1, -0.05) is 30.3 Å². The summed E-state index contributed by atoms with van der Waals surface area (Å²) >= 11 is 0. The van der Waals surface area contributed by atoms with Crippen molar-refractivity contribution in [3.8, 4) is 5.75 Å². The van der Waals surface area contributed by atoms with Gasteiger partial charge >= 0.3 is 0 Å². The van der Waals surface area contributed by atoms with Crippen molar-refractivity contribution in [1.82, 2.24) is 9.62 Å². The Balaban J connectivity index is 1.57. The number of halogens is 1. The molecule has 0 aliphatic carbocycles. The van der Waals surface area contributed by atoms with E-state index in [0.29, 0.717) is 0 Å². The Hall–Kier alpha value is -1.96. The molecule has 140 valence electrons. The largest absolute Gasteiger partial charge is 0.494 e.